The molecule has 7 heteroatoms. The Morgan fingerprint density at radius 1 is 0.968 bits per heavy atom. The first kappa shape index (κ1) is 21.6. The number of hydrogen-bond acceptors (Lipinski definition) is 4. The highest BCUT2D eigenvalue weighted by Crippen LogP contribution is 2.41. The zero-order chi connectivity index (χ0) is 21.9. The molecule has 1 fully saturated rings. The van der Waals surface area contributed by atoms with Crippen LogP contribution in [0.2, 0.25) is 0 Å². The molecule has 1 unspecified atom stereocenters. The summed E-state index contributed by atoms with van der Waals surface area (Å²) in [6.07, 6.45) is -2.59. The van der Waals surface area contributed by atoms with Gasteiger partial charge in [0.2, 0.25) is 5.60 Å². The van der Waals surface area contributed by atoms with Crippen molar-refractivity contribution < 1.29 is 18.3 Å². The van der Waals surface area contributed by atoms with Crippen molar-refractivity contribution in [1.82, 2.24) is 5.01 Å². The molecule has 1 aromatic heterocycles. The third-order valence-electron chi connectivity index (χ3n) is 5.69. The average Bonchev–Trinajstić information content (AvgIpc) is 3.46. The van der Waals surface area contributed by atoms with Crippen LogP contribution in [0.5, 0.6) is 0 Å². The maximum atomic E-state index is 13.8. The van der Waals surface area contributed by atoms with Gasteiger partial charge in [0.05, 0.1) is 17.1 Å². The van der Waals surface area contributed by atoms with Crippen molar-refractivity contribution in [1.29, 1.82) is 0 Å². The van der Waals surface area contributed by atoms with Gasteiger partial charge in [-0.2, -0.15) is 18.3 Å². The molecule has 162 valence electrons. The molecule has 2 atom stereocenters. The molecule has 1 aliphatic rings. The first-order valence-corrected chi connectivity index (χ1v) is 11.0. The average molecular weight is 445 g/mol. The second-order valence-electron chi connectivity index (χ2n) is 7.66. The van der Waals surface area contributed by atoms with Gasteiger partial charge in [-0.1, -0.05) is 66.7 Å². The molecule has 0 saturated carbocycles. The van der Waals surface area contributed by atoms with E-state index >= 15 is 0 Å². The fourth-order valence-corrected chi connectivity index (χ4v) is 4.96. The van der Waals surface area contributed by atoms with Crippen molar-refractivity contribution >= 4 is 17.6 Å². The minimum absolute atomic E-state index is 0.0391. The lowest BCUT2D eigenvalue weighted by molar-refractivity contribution is -0.232. The summed E-state index contributed by atoms with van der Waals surface area (Å²) in [7, 11) is 0. The van der Waals surface area contributed by atoms with Crippen molar-refractivity contribution in [2.75, 3.05) is 6.54 Å². The minimum Gasteiger partial charge on any atom is -0.371 e. The number of nitrogens with zero attached hydrogens (tertiary/aromatic N) is 2. The maximum absolute atomic E-state index is 13.8. The Hall–Kier alpha value is -2.64. The third kappa shape index (κ3) is 4.38. The van der Waals surface area contributed by atoms with E-state index in [0.29, 0.717) is 12.8 Å². The van der Waals surface area contributed by atoms with Gasteiger partial charge in [-0.25, -0.2) is 0 Å². The molecule has 4 rings (SSSR count). The van der Waals surface area contributed by atoms with Gasteiger partial charge in [-0.3, -0.25) is 5.01 Å². The molecule has 2 aromatic carbocycles. The molecule has 1 aliphatic heterocycles. The normalized spacial score (nSPS) is 19.3. The van der Waals surface area contributed by atoms with Gasteiger partial charge in [0.1, 0.15) is 0 Å². The van der Waals surface area contributed by atoms with Crippen LogP contribution in [0.4, 0.5) is 13.2 Å². The van der Waals surface area contributed by atoms with Crippen molar-refractivity contribution in [3.05, 3.63) is 94.2 Å². The maximum Gasteiger partial charge on any atom is 0.427 e. The Kier molecular flexibility index (Phi) is 6.16. The molecule has 0 radical (unpaired) electrons. The molecular weight excluding hydrogens is 421 g/mol. The first-order valence-electron chi connectivity index (χ1n) is 10.1. The number of aliphatic hydroxyl groups is 1. The van der Waals surface area contributed by atoms with Crippen LogP contribution in [0.1, 0.15) is 34.8 Å². The Morgan fingerprint density at radius 3 is 2.10 bits per heavy atom. The summed E-state index contributed by atoms with van der Waals surface area (Å²) in [4.78, 5) is -0.192. The van der Waals surface area contributed by atoms with E-state index in [-0.39, 0.29) is 16.8 Å². The second kappa shape index (κ2) is 8.85. The summed E-state index contributed by atoms with van der Waals surface area (Å²) in [6.45, 7) is 0.537. The lowest BCUT2D eigenvalue weighted by Crippen LogP contribution is -2.44. The van der Waals surface area contributed by atoms with Gasteiger partial charge in [0.15, 0.2) is 0 Å². The van der Waals surface area contributed by atoms with Crippen LogP contribution in [0.15, 0.2) is 83.3 Å². The zero-order valence-corrected chi connectivity index (χ0v) is 17.6. The molecule has 2 heterocycles. The molecule has 0 spiro atoms. The fourth-order valence-electron chi connectivity index (χ4n) is 4.15. The largest absolute Gasteiger partial charge is 0.427 e. The van der Waals surface area contributed by atoms with Gasteiger partial charge < -0.3 is 5.11 Å². The topological polar surface area (TPSA) is 35.8 Å². The first-order chi connectivity index (χ1) is 14.9. The molecule has 3 nitrogen and oxygen atoms in total. The highest BCUT2D eigenvalue weighted by atomic mass is 32.1. The minimum atomic E-state index is -4.87. The number of halogens is 3. The van der Waals surface area contributed by atoms with E-state index in [9.17, 15) is 18.3 Å². The van der Waals surface area contributed by atoms with E-state index in [0.717, 1.165) is 35.3 Å². The number of hydrogen-bond donors (Lipinski definition) is 1. The van der Waals surface area contributed by atoms with Crippen LogP contribution in [-0.2, 0) is 5.60 Å². The van der Waals surface area contributed by atoms with Crippen molar-refractivity contribution in [2.45, 2.75) is 36.6 Å². The number of rotatable bonds is 6. The predicted octanol–water partition coefficient (Wildman–Crippen LogP) is 5.78. The summed E-state index contributed by atoms with van der Waals surface area (Å²) in [5, 5.41) is 18.0. The molecule has 0 bridgehead atoms. The van der Waals surface area contributed by atoms with Crippen LogP contribution in [-0.4, -0.2) is 35.1 Å². The van der Waals surface area contributed by atoms with Gasteiger partial charge in [-0.05, 0) is 35.4 Å². The van der Waals surface area contributed by atoms with Crippen LogP contribution in [0.25, 0.3) is 0 Å². The smallest absolute Gasteiger partial charge is 0.371 e. The third-order valence-corrected chi connectivity index (χ3v) is 6.69. The van der Waals surface area contributed by atoms with E-state index in [1.807, 2.05) is 60.7 Å². The van der Waals surface area contributed by atoms with Crippen LogP contribution in [0.3, 0.4) is 0 Å². The molecule has 1 saturated heterocycles. The standard InChI is InChI=1S/C24H23F3N2OS/c25-24(26,27)23(30,21-14-8-16-31-21)17-28-29-15-7-13-20(29)22(18-9-3-1-4-10-18)19-11-5-2-6-12-19/h1-6,8-12,14,16-17,20,22,30H,7,13,15H2/b28-17-/t20-,23?/m0/s1. The summed E-state index contributed by atoms with van der Waals surface area (Å²) in [6, 6.07) is 22.6. The fraction of sp³-hybridized carbons (Fsp3) is 0.292. The number of thiophene rings is 1. The molecule has 0 aliphatic carbocycles. The SMILES string of the molecule is OC(/C=N\N1CCC[C@H]1C(c1ccccc1)c1ccccc1)(c1cccs1)C(F)(F)F. The number of benzene rings is 2. The van der Waals surface area contributed by atoms with Crippen LogP contribution < -0.4 is 0 Å². The highest BCUT2D eigenvalue weighted by Gasteiger charge is 2.55. The molecule has 1 N–H and O–H groups in total. The zero-order valence-electron chi connectivity index (χ0n) is 16.7. The second-order valence-corrected chi connectivity index (χ2v) is 8.61. The number of hydrazone groups is 1. The van der Waals surface area contributed by atoms with Gasteiger partial charge in [0, 0.05) is 12.5 Å². The van der Waals surface area contributed by atoms with Gasteiger partial charge in [-0.15, -0.1) is 11.3 Å². The van der Waals surface area contributed by atoms with E-state index in [1.54, 1.807) is 5.01 Å². The lowest BCUT2D eigenvalue weighted by Gasteiger charge is -2.32. The highest BCUT2D eigenvalue weighted by molar-refractivity contribution is 7.10. The summed E-state index contributed by atoms with van der Waals surface area (Å²) < 4.78 is 41.3. The van der Waals surface area contributed by atoms with Crippen molar-refractivity contribution in [2.24, 2.45) is 5.10 Å². The van der Waals surface area contributed by atoms with Crippen molar-refractivity contribution in [3.8, 4) is 0 Å². The van der Waals surface area contributed by atoms with Crippen LogP contribution in [0, 0.1) is 0 Å². The van der Waals surface area contributed by atoms with E-state index < -0.39 is 11.8 Å². The molecular formula is C24H23F3N2OS. The monoisotopic (exact) mass is 444 g/mol. The Labute approximate surface area is 183 Å². The summed E-state index contributed by atoms with van der Waals surface area (Å²) in [5.41, 5.74) is -0.932. The van der Waals surface area contributed by atoms with E-state index in [4.69, 9.17) is 0 Å². The van der Waals surface area contributed by atoms with Gasteiger partial charge >= 0.3 is 6.18 Å². The molecule has 31 heavy (non-hydrogen) atoms. The Balaban J connectivity index is 1.69. The Morgan fingerprint density at radius 2 is 1.58 bits per heavy atom. The number of alkyl halides is 3. The predicted molar refractivity (Wildman–Crippen MR) is 117 cm³/mol. The molecule has 3 aromatic rings. The van der Waals surface area contributed by atoms with E-state index in [1.165, 1.54) is 17.5 Å². The quantitative estimate of drug-likeness (QED) is 0.489. The molecule has 0 amide bonds. The lowest BCUT2D eigenvalue weighted by atomic mass is 9.84. The van der Waals surface area contributed by atoms with Crippen LogP contribution >= 0.6 is 11.3 Å². The summed E-state index contributed by atoms with van der Waals surface area (Å²) in [5.74, 6) is -0.0391. The van der Waals surface area contributed by atoms with Crippen molar-refractivity contribution in [3.63, 3.8) is 0 Å². The Bertz CT molecular complexity index is 953. The van der Waals surface area contributed by atoms with E-state index in [2.05, 4.69) is 5.10 Å². The summed E-state index contributed by atoms with van der Waals surface area (Å²) >= 11 is 0.860. The van der Waals surface area contributed by atoms with Gasteiger partial charge in [0.25, 0.3) is 0 Å².